The monoisotopic (exact) mass is 217 g/mol. The van der Waals surface area contributed by atoms with E-state index >= 15 is 0 Å². The van der Waals surface area contributed by atoms with Crippen molar-refractivity contribution in [3.63, 3.8) is 0 Å². The van der Waals surface area contributed by atoms with Gasteiger partial charge in [0.1, 0.15) is 5.75 Å². The first-order valence-electron chi connectivity index (χ1n) is 5.56. The van der Waals surface area contributed by atoms with Crippen LogP contribution in [0.3, 0.4) is 0 Å². The van der Waals surface area contributed by atoms with Gasteiger partial charge in [0, 0.05) is 0 Å². The Morgan fingerprint density at radius 1 is 1.19 bits per heavy atom. The zero-order valence-electron chi connectivity index (χ0n) is 10.7. The average Bonchev–Trinajstić information content (AvgIpc) is 2.25. The van der Waals surface area contributed by atoms with Crippen molar-refractivity contribution in [1.29, 1.82) is 5.26 Å². The molecule has 1 rings (SSSR count). The number of ether oxygens (including phenoxy) is 1. The molecule has 0 spiro atoms. The molecule has 0 aliphatic rings. The molecule has 1 atom stereocenters. The molecular formula is C14H19NO. The lowest BCUT2D eigenvalue weighted by molar-refractivity contribution is 0.410. The van der Waals surface area contributed by atoms with E-state index in [1.165, 1.54) is 5.56 Å². The minimum atomic E-state index is -0.0374. The minimum absolute atomic E-state index is 0.0374. The number of nitrogens with zero attached hydrogens (tertiary/aromatic N) is 1. The number of hydrogen-bond acceptors (Lipinski definition) is 2. The van der Waals surface area contributed by atoms with Crippen LogP contribution in [0, 0.1) is 31.1 Å². The molecule has 0 N–H and O–H groups in total. The van der Waals surface area contributed by atoms with Gasteiger partial charge in [-0.1, -0.05) is 19.9 Å². The van der Waals surface area contributed by atoms with E-state index in [-0.39, 0.29) is 5.92 Å². The largest absolute Gasteiger partial charge is 0.496 e. The summed E-state index contributed by atoms with van der Waals surface area (Å²) in [7, 11) is 1.67. The highest BCUT2D eigenvalue weighted by atomic mass is 16.5. The van der Waals surface area contributed by atoms with Crippen molar-refractivity contribution in [3.05, 3.63) is 28.8 Å². The van der Waals surface area contributed by atoms with Crippen LogP contribution in [0.1, 0.15) is 36.5 Å². The second-order valence-electron chi connectivity index (χ2n) is 4.46. The van der Waals surface area contributed by atoms with Gasteiger partial charge in [0.2, 0.25) is 0 Å². The first-order chi connectivity index (χ1) is 7.52. The number of rotatable bonds is 3. The predicted octanol–water partition coefficient (Wildman–Crippen LogP) is 3.58. The third kappa shape index (κ3) is 2.19. The van der Waals surface area contributed by atoms with Crippen molar-refractivity contribution in [2.75, 3.05) is 7.11 Å². The van der Waals surface area contributed by atoms with E-state index in [2.05, 4.69) is 26.8 Å². The molecule has 1 unspecified atom stereocenters. The summed E-state index contributed by atoms with van der Waals surface area (Å²) in [6.07, 6.45) is 0. The molecule has 0 heterocycles. The maximum Gasteiger partial charge on any atom is 0.122 e. The minimum Gasteiger partial charge on any atom is -0.496 e. The Labute approximate surface area is 97.9 Å². The van der Waals surface area contributed by atoms with Gasteiger partial charge in [-0.25, -0.2) is 0 Å². The summed E-state index contributed by atoms with van der Waals surface area (Å²) in [4.78, 5) is 0. The molecule has 0 aliphatic carbocycles. The van der Waals surface area contributed by atoms with Crippen molar-refractivity contribution >= 4 is 0 Å². The summed E-state index contributed by atoms with van der Waals surface area (Å²) < 4.78 is 5.27. The fourth-order valence-electron chi connectivity index (χ4n) is 1.95. The number of benzene rings is 1. The van der Waals surface area contributed by atoms with Gasteiger partial charge in [0.25, 0.3) is 0 Å². The maximum atomic E-state index is 9.21. The molecule has 2 heteroatoms. The predicted molar refractivity (Wildman–Crippen MR) is 65.7 cm³/mol. The maximum absolute atomic E-state index is 9.21. The lowest BCUT2D eigenvalue weighted by atomic mass is 9.85. The standard InChI is InChI=1S/C14H19NO/c1-9(2)13(8-15)12-6-7-14(16-5)11(4)10(12)3/h6-7,9,13H,1-5H3. The van der Waals surface area contributed by atoms with Crippen molar-refractivity contribution in [1.82, 2.24) is 0 Å². The first-order valence-corrected chi connectivity index (χ1v) is 5.56. The second-order valence-corrected chi connectivity index (χ2v) is 4.46. The van der Waals surface area contributed by atoms with Crippen molar-refractivity contribution in [3.8, 4) is 11.8 Å². The van der Waals surface area contributed by atoms with Crippen LogP contribution in [0.25, 0.3) is 0 Å². The van der Waals surface area contributed by atoms with Gasteiger partial charge in [-0.15, -0.1) is 0 Å². The second kappa shape index (κ2) is 5.03. The number of methoxy groups -OCH3 is 1. The molecule has 16 heavy (non-hydrogen) atoms. The highest BCUT2D eigenvalue weighted by molar-refractivity contribution is 5.46. The Morgan fingerprint density at radius 2 is 1.81 bits per heavy atom. The molecule has 1 aromatic rings. The first kappa shape index (κ1) is 12.6. The van der Waals surface area contributed by atoms with Crippen LogP contribution in [-0.2, 0) is 0 Å². The fraction of sp³-hybridized carbons (Fsp3) is 0.500. The zero-order chi connectivity index (χ0) is 12.3. The smallest absolute Gasteiger partial charge is 0.122 e. The SMILES string of the molecule is COc1ccc(C(C#N)C(C)C)c(C)c1C. The van der Waals surface area contributed by atoms with Gasteiger partial charge in [-0.3, -0.25) is 0 Å². The Kier molecular flexibility index (Phi) is 3.95. The summed E-state index contributed by atoms with van der Waals surface area (Å²) in [5.74, 6) is 1.18. The van der Waals surface area contributed by atoms with Crippen LogP contribution in [0.2, 0.25) is 0 Å². The lowest BCUT2D eigenvalue weighted by Gasteiger charge is -2.18. The summed E-state index contributed by atoms with van der Waals surface area (Å²) in [6.45, 7) is 8.24. The molecule has 1 aromatic carbocycles. The Hall–Kier alpha value is -1.49. The third-order valence-electron chi connectivity index (χ3n) is 3.14. The van der Waals surface area contributed by atoms with Crippen LogP contribution in [0.5, 0.6) is 5.75 Å². The molecule has 0 radical (unpaired) electrons. The van der Waals surface area contributed by atoms with E-state index in [0.717, 1.165) is 16.9 Å². The van der Waals surface area contributed by atoms with E-state index in [1.807, 2.05) is 19.1 Å². The topological polar surface area (TPSA) is 33.0 Å². The van der Waals surface area contributed by atoms with Gasteiger partial charge in [0.05, 0.1) is 19.1 Å². The molecule has 86 valence electrons. The van der Waals surface area contributed by atoms with E-state index in [0.29, 0.717) is 5.92 Å². The normalized spacial score (nSPS) is 12.3. The molecule has 0 aliphatic heterocycles. The third-order valence-corrected chi connectivity index (χ3v) is 3.14. The average molecular weight is 217 g/mol. The zero-order valence-corrected chi connectivity index (χ0v) is 10.7. The van der Waals surface area contributed by atoms with Gasteiger partial charge in [0.15, 0.2) is 0 Å². The summed E-state index contributed by atoms with van der Waals surface area (Å²) >= 11 is 0. The Bertz CT molecular complexity index is 415. The van der Waals surface area contributed by atoms with Gasteiger partial charge in [-0.2, -0.15) is 5.26 Å². The molecular weight excluding hydrogens is 198 g/mol. The summed E-state index contributed by atoms with van der Waals surface area (Å²) in [6, 6.07) is 6.34. The number of hydrogen-bond donors (Lipinski definition) is 0. The molecule has 0 saturated carbocycles. The molecule has 0 bridgehead atoms. The highest BCUT2D eigenvalue weighted by Crippen LogP contribution is 2.31. The van der Waals surface area contributed by atoms with Crippen LogP contribution in [-0.4, -0.2) is 7.11 Å². The van der Waals surface area contributed by atoms with E-state index in [4.69, 9.17) is 4.74 Å². The lowest BCUT2D eigenvalue weighted by Crippen LogP contribution is -2.07. The van der Waals surface area contributed by atoms with Gasteiger partial charge in [-0.05, 0) is 42.5 Å². The molecule has 2 nitrogen and oxygen atoms in total. The van der Waals surface area contributed by atoms with Crippen LogP contribution in [0.15, 0.2) is 12.1 Å². The van der Waals surface area contributed by atoms with Crippen LogP contribution in [0.4, 0.5) is 0 Å². The van der Waals surface area contributed by atoms with Gasteiger partial charge < -0.3 is 4.74 Å². The molecule has 0 fully saturated rings. The summed E-state index contributed by atoms with van der Waals surface area (Å²) in [5.41, 5.74) is 3.41. The quantitative estimate of drug-likeness (QED) is 0.775. The Balaban J connectivity index is 3.27. The van der Waals surface area contributed by atoms with Crippen molar-refractivity contribution in [2.24, 2.45) is 5.92 Å². The number of nitriles is 1. The van der Waals surface area contributed by atoms with E-state index in [1.54, 1.807) is 7.11 Å². The molecule has 0 saturated heterocycles. The fourth-order valence-corrected chi connectivity index (χ4v) is 1.95. The van der Waals surface area contributed by atoms with E-state index in [9.17, 15) is 5.26 Å². The molecule has 0 amide bonds. The van der Waals surface area contributed by atoms with Crippen molar-refractivity contribution in [2.45, 2.75) is 33.6 Å². The Morgan fingerprint density at radius 3 is 2.25 bits per heavy atom. The molecule has 0 aromatic heterocycles. The van der Waals surface area contributed by atoms with E-state index < -0.39 is 0 Å². The van der Waals surface area contributed by atoms with Gasteiger partial charge >= 0.3 is 0 Å². The highest BCUT2D eigenvalue weighted by Gasteiger charge is 2.18. The van der Waals surface area contributed by atoms with Crippen LogP contribution < -0.4 is 4.74 Å². The summed E-state index contributed by atoms with van der Waals surface area (Å²) in [5, 5.41) is 9.21. The van der Waals surface area contributed by atoms with Crippen molar-refractivity contribution < 1.29 is 4.74 Å². The van der Waals surface area contributed by atoms with Crippen LogP contribution >= 0.6 is 0 Å².